The number of carbonyl (C=O) groups is 2. The predicted octanol–water partition coefficient (Wildman–Crippen LogP) is 7.22. The van der Waals surface area contributed by atoms with Crippen molar-refractivity contribution in [3.63, 3.8) is 0 Å². The Morgan fingerprint density at radius 2 is 0.761 bits per heavy atom. The Hall–Kier alpha value is -6.02. The van der Waals surface area contributed by atoms with E-state index in [9.17, 15) is 9.59 Å². The molecule has 2 amide bonds. The van der Waals surface area contributed by atoms with Crippen molar-refractivity contribution >= 4 is 46.2 Å². The van der Waals surface area contributed by atoms with Crippen LogP contribution in [0.2, 0.25) is 0 Å². The Morgan fingerprint density at radius 1 is 0.457 bits per heavy atom. The number of hydrogen-bond donors (Lipinski definition) is 2. The van der Waals surface area contributed by atoms with Gasteiger partial charge in [-0.15, -0.1) is 0 Å². The number of benzene rings is 5. The minimum atomic E-state index is -0.269. The van der Waals surface area contributed by atoms with Crippen molar-refractivity contribution in [3.05, 3.63) is 156 Å². The molecule has 5 aromatic carbocycles. The van der Waals surface area contributed by atoms with E-state index in [0.717, 1.165) is 34.2 Å². The Balaban J connectivity index is 1.18. The summed E-state index contributed by atoms with van der Waals surface area (Å²) in [6.07, 6.45) is 0. The van der Waals surface area contributed by atoms with E-state index >= 15 is 0 Å². The first-order chi connectivity index (χ1) is 22.4. The van der Waals surface area contributed by atoms with E-state index in [-0.39, 0.29) is 11.8 Å². The normalized spacial score (nSPS) is 11.5. The fraction of sp³-hybridized carbons (Fsp3) is 0.105. The van der Waals surface area contributed by atoms with E-state index in [1.807, 2.05) is 133 Å². The van der Waals surface area contributed by atoms with Crippen LogP contribution in [0.5, 0.6) is 0 Å². The number of para-hydroxylation sites is 2. The Morgan fingerprint density at radius 3 is 1.07 bits per heavy atom. The van der Waals surface area contributed by atoms with Gasteiger partial charge >= 0.3 is 0 Å². The van der Waals surface area contributed by atoms with E-state index in [4.69, 9.17) is 0 Å². The van der Waals surface area contributed by atoms with Crippen molar-refractivity contribution < 1.29 is 9.59 Å². The van der Waals surface area contributed by atoms with Gasteiger partial charge in [-0.25, -0.2) is 0 Å². The lowest BCUT2D eigenvalue weighted by molar-refractivity contribution is 0.101. The molecule has 0 fully saturated rings. The highest BCUT2D eigenvalue weighted by atomic mass is 16.2. The van der Waals surface area contributed by atoms with Gasteiger partial charge in [-0.3, -0.25) is 19.6 Å². The van der Waals surface area contributed by atoms with Crippen LogP contribution in [0.15, 0.2) is 143 Å². The molecule has 0 bridgehead atoms. The first-order valence-corrected chi connectivity index (χ1v) is 14.8. The first kappa shape index (κ1) is 31.4. The lowest BCUT2D eigenvalue weighted by Gasteiger charge is -2.21. The average Bonchev–Trinajstić information content (AvgIpc) is 3.11. The summed E-state index contributed by atoms with van der Waals surface area (Å²) in [7, 11) is 7.46. The molecule has 0 aliphatic carbocycles. The molecule has 0 aliphatic rings. The Labute approximate surface area is 269 Å². The van der Waals surface area contributed by atoms with Crippen molar-refractivity contribution in [1.29, 1.82) is 0 Å². The van der Waals surface area contributed by atoms with Crippen molar-refractivity contribution in [3.8, 4) is 0 Å². The lowest BCUT2D eigenvalue weighted by atomic mass is 10.1. The molecule has 0 atom stereocenters. The molecular formula is C38H36N6O2. The third-order valence-electron chi connectivity index (χ3n) is 7.56. The number of carbonyl (C=O) groups excluding carboxylic acids is 2. The van der Waals surface area contributed by atoms with Gasteiger partial charge in [-0.2, -0.15) is 0 Å². The van der Waals surface area contributed by atoms with Crippen LogP contribution in [-0.4, -0.2) is 51.7 Å². The molecule has 0 heterocycles. The number of amidine groups is 2. The molecule has 5 rings (SSSR count). The van der Waals surface area contributed by atoms with Crippen LogP contribution >= 0.6 is 0 Å². The highest BCUT2D eigenvalue weighted by Gasteiger charge is 2.14. The molecule has 230 valence electrons. The zero-order valence-corrected chi connectivity index (χ0v) is 26.3. The maximum absolute atomic E-state index is 12.9. The number of rotatable bonds is 8. The van der Waals surface area contributed by atoms with Gasteiger partial charge in [0.1, 0.15) is 11.7 Å². The topological polar surface area (TPSA) is 89.4 Å². The smallest absolute Gasteiger partial charge is 0.255 e. The molecule has 0 spiro atoms. The molecule has 0 unspecified atom stereocenters. The van der Waals surface area contributed by atoms with Crippen LogP contribution in [0.25, 0.3) is 0 Å². The summed E-state index contributed by atoms with van der Waals surface area (Å²) in [6, 6.07) is 41.6. The second kappa shape index (κ2) is 14.6. The third-order valence-corrected chi connectivity index (χ3v) is 7.56. The summed E-state index contributed by atoms with van der Waals surface area (Å²) in [5, 5.41) is 5.85. The molecule has 8 nitrogen and oxygen atoms in total. The molecule has 0 radical (unpaired) electrons. The minimum absolute atomic E-state index is 0.269. The summed E-state index contributed by atoms with van der Waals surface area (Å²) < 4.78 is 0. The number of nitrogens with zero attached hydrogens (tertiary/aromatic N) is 4. The number of nitrogens with one attached hydrogen (secondary N) is 2. The van der Waals surface area contributed by atoms with E-state index < -0.39 is 0 Å². The minimum Gasteiger partial charge on any atom is -0.329 e. The van der Waals surface area contributed by atoms with Gasteiger partial charge in [0.25, 0.3) is 11.8 Å². The molecule has 0 saturated heterocycles. The Bertz CT molecular complexity index is 1700. The van der Waals surface area contributed by atoms with Crippen molar-refractivity contribution in [2.45, 2.75) is 0 Å². The maximum atomic E-state index is 12.9. The van der Waals surface area contributed by atoms with Crippen LogP contribution in [0, 0.1) is 0 Å². The van der Waals surface area contributed by atoms with Crippen LogP contribution in [0.3, 0.4) is 0 Å². The summed E-state index contributed by atoms with van der Waals surface area (Å²) in [5.41, 5.74) is 6.10. The van der Waals surface area contributed by atoms with Gasteiger partial charge in [0.05, 0.1) is 0 Å². The van der Waals surface area contributed by atoms with Gasteiger partial charge in [-0.1, -0.05) is 36.4 Å². The van der Waals surface area contributed by atoms with Crippen molar-refractivity contribution in [1.82, 2.24) is 0 Å². The van der Waals surface area contributed by atoms with Gasteiger partial charge in [0.2, 0.25) is 0 Å². The van der Waals surface area contributed by atoms with E-state index in [1.165, 1.54) is 0 Å². The zero-order valence-electron chi connectivity index (χ0n) is 26.3. The molecule has 8 heteroatoms. The van der Waals surface area contributed by atoms with Gasteiger partial charge < -0.3 is 20.4 Å². The lowest BCUT2D eigenvalue weighted by Crippen LogP contribution is -2.27. The van der Waals surface area contributed by atoms with Crippen molar-refractivity contribution in [2.24, 2.45) is 9.98 Å². The monoisotopic (exact) mass is 608 g/mol. The average molecular weight is 609 g/mol. The second-order valence-corrected chi connectivity index (χ2v) is 10.5. The van der Waals surface area contributed by atoms with E-state index in [2.05, 4.69) is 20.6 Å². The SMILES string of the molecule is CN=C(c1ccc(NC(=O)c2ccc(C(=O)Nc3ccc(C(=NC)N(C)c4ccccc4)cc3)cc2)cc1)N(C)c1ccccc1. The van der Waals surface area contributed by atoms with Gasteiger partial charge in [0.15, 0.2) is 0 Å². The molecule has 2 N–H and O–H groups in total. The quantitative estimate of drug-likeness (QED) is 0.144. The molecule has 46 heavy (non-hydrogen) atoms. The first-order valence-electron chi connectivity index (χ1n) is 14.8. The van der Waals surface area contributed by atoms with Crippen LogP contribution in [0.1, 0.15) is 31.8 Å². The highest BCUT2D eigenvalue weighted by molar-refractivity contribution is 6.11. The number of anilines is 4. The molecule has 5 aromatic rings. The molecule has 0 aromatic heterocycles. The van der Waals surface area contributed by atoms with Gasteiger partial charge in [0, 0.05) is 73.2 Å². The molecule has 0 saturated carbocycles. The second-order valence-electron chi connectivity index (χ2n) is 10.5. The fourth-order valence-corrected chi connectivity index (χ4v) is 5.08. The van der Waals surface area contributed by atoms with E-state index in [0.29, 0.717) is 22.5 Å². The van der Waals surface area contributed by atoms with Crippen molar-refractivity contribution in [2.75, 3.05) is 48.6 Å². The Kier molecular flexibility index (Phi) is 9.99. The molecule has 0 aliphatic heterocycles. The highest BCUT2D eigenvalue weighted by Crippen LogP contribution is 2.20. The summed E-state index contributed by atoms with van der Waals surface area (Å²) in [6.45, 7) is 0. The predicted molar refractivity (Wildman–Crippen MR) is 190 cm³/mol. The van der Waals surface area contributed by atoms with E-state index in [1.54, 1.807) is 38.4 Å². The van der Waals surface area contributed by atoms with Gasteiger partial charge in [-0.05, 0) is 97.1 Å². The zero-order chi connectivity index (χ0) is 32.5. The fourth-order valence-electron chi connectivity index (χ4n) is 5.08. The largest absolute Gasteiger partial charge is 0.329 e. The summed E-state index contributed by atoms with van der Waals surface area (Å²) in [4.78, 5) is 38.9. The standard InChI is InChI=1S/C38H36N6O2/c1-39-35(43(3)33-11-7-5-8-12-33)27-19-23-31(24-20-27)41-37(45)29-15-17-30(18-16-29)38(46)42-32-25-21-28(22-26-32)36(40-2)44(4)34-13-9-6-10-14-34/h5-26H,1-4H3,(H,41,45)(H,42,46). The van der Waals surface area contributed by atoms with Crippen LogP contribution in [-0.2, 0) is 0 Å². The number of amides is 2. The summed E-state index contributed by atoms with van der Waals surface area (Å²) >= 11 is 0. The van der Waals surface area contributed by atoms with Crippen LogP contribution < -0.4 is 20.4 Å². The maximum Gasteiger partial charge on any atom is 0.255 e. The number of hydrogen-bond acceptors (Lipinski definition) is 4. The third kappa shape index (κ3) is 7.36. The molecular weight excluding hydrogens is 572 g/mol. The number of aliphatic imine (C=N–C) groups is 2. The summed E-state index contributed by atoms with van der Waals surface area (Å²) in [5.74, 6) is 1.08. The van der Waals surface area contributed by atoms with Crippen LogP contribution in [0.4, 0.5) is 22.7 Å².